The number of carbonyl (C=O) groups excluding carboxylic acids is 2. The molecule has 2 heterocycles. The summed E-state index contributed by atoms with van der Waals surface area (Å²) in [5.74, 6) is -0.231. The Hall–Kier alpha value is -1.60. The molecule has 1 saturated heterocycles. The number of amides is 2. The first-order valence-corrected chi connectivity index (χ1v) is 7.49. The predicted octanol–water partition coefficient (Wildman–Crippen LogP) is 1.00. The molecule has 2 amide bonds. The van der Waals surface area contributed by atoms with E-state index in [0.717, 1.165) is 5.69 Å². The fourth-order valence-corrected chi connectivity index (χ4v) is 2.30. The minimum atomic E-state index is -0.287. The van der Waals surface area contributed by atoms with Crippen molar-refractivity contribution in [2.75, 3.05) is 26.3 Å². The van der Waals surface area contributed by atoms with Crippen molar-refractivity contribution >= 4 is 24.2 Å². The van der Waals surface area contributed by atoms with E-state index < -0.39 is 0 Å². The third-order valence-corrected chi connectivity index (χ3v) is 3.31. The largest absolute Gasteiger partial charge is 0.378 e. The van der Waals surface area contributed by atoms with E-state index >= 15 is 0 Å². The number of morpholine rings is 1. The zero-order chi connectivity index (χ0) is 16.3. The maximum Gasteiger partial charge on any atom is 0.274 e. The van der Waals surface area contributed by atoms with Crippen LogP contribution in [0, 0.1) is 6.92 Å². The van der Waals surface area contributed by atoms with Gasteiger partial charge in [0.05, 0.1) is 13.2 Å². The van der Waals surface area contributed by atoms with Crippen molar-refractivity contribution in [3.63, 3.8) is 0 Å². The van der Waals surface area contributed by atoms with Gasteiger partial charge in [0.15, 0.2) is 5.69 Å². The second-order valence-electron chi connectivity index (χ2n) is 6.53. The highest BCUT2D eigenvalue weighted by atomic mass is 35.5. The van der Waals surface area contributed by atoms with Crippen LogP contribution in [0.1, 0.15) is 37.0 Å². The zero-order valence-corrected chi connectivity index (χ0v) is 14.9. The molecule has 0 radical (unpaired) electrons. The topological polar surface area (TPSA) is 76.5 Å². The van der Waals surface area contributed by atoms with Gasteiger partial charge in [-0.3, -0.25) is 14.3 Å². The van der Waals surface area contributed by atoms with E-state index in [1.165, 1.54) is 0 Å². The van der Waals surface area contributed by atoms with Crippen LogP contribution < -0.4 is 5.32 Å². The molecule has 1 aliphatic heterocycles. The van der Waals surface area contributed by atoms with Crippen LogP contribution in [0.25, 0.3) is 0 Å². The first-order chi connectivity index (χ1) is 10.3. The van der Waals surface area contributed by atoms with Crippen molar-refractivity contribution in [2.24, 2.45) is 0 Å². The molecule has 23 heavy (non-hydrogen) atoms. The molecule has 1 aliphatic rings. The maximum atomic E-state index is 12.4. The predicted molar refractivity (Wildman–Crippen MR) is 88.8 cm³/mol. The molecule has 1 aromatic heterocycles. The Bertz CT molecular complexity index is 560. The number of nitrogens with zero attached hydrogens (tertiary/aromatic N) is 3. The summed E-state index contributed by atoms with van der Waals surface area (Å²) in [6.07, 6.45) is 0. The Balaban J connectivity index is 0.00000264. The number of hydrogen-bond donors (Lipinski definition) is 1. The van der Waals surface area contributed by atoms with E-state index in [1.54, 1.807) is 15.6 Å². The Morgan fingerprint density at radius 1 is 1.30 bits per heavy atom. The highest BCUT2D eigenvalue weighted by Crippen LogP contribution is 2.09. The van der Waals surface area contributed by atoms with Crippen LogP contribution in [0.4, 0.5) is 0 Å². The normalized spacial score (nSPS) is 15.0. The van der Waals surface area contributed by atoms with Crippen LogP contribution in [-0.4, -0.2) is 58.3 Å². The lowest BCUT2D eigenvalue weighted by Crippen LogP contribution is -2.42. The van der Waals surface area contributed by atoms with Gasteiger partial charge in [-0.25, -0.2) is 0 Å². The monoisotopic (exact) mass is 344 g/mol. The number of nitrogens with one attached hydrogen (secondary N) is 1. The van der Waals surface area contributed by atoms with Crippen LogP contribution in [0.2, 0.25) is 0 Å². The first-order valence-electron chi connectivity index (χ1n) is 7.49. The van der Waals surface area contributed by atoms with Gasteiger partial charge in [-0.15, -0.1) is 12.4 Å². The summed E-state index contributed by atoms with van der Waals surface area (Å²) in [4.78, 5) is 26.1. The number of aromatic nitrogens is 2. The summed E-state index contributed by atoms with van der Waals surface area (Å²) in [6, 6.07) is 1.72. The number of carbonyl (C=O) groups is 2. The van der Waals surface area contributed by atoms with E-state index in [1.807, 2.05) is 27.7 Å². The van der Waals surface area contributed by atoms with Crippen molar-refractivity contribution < 1.29 is 14.3 Å². The van der Waals surface area contributed by atoms with E-state index in [2.05, 4.69) is 10.4 Å². The van der Waals surface area contributed by atoms with Crippen molar-refractivity contribution in [1.29, 1.82) is 0 Å². The molecule has 0 aliphatic carbocycles. The number of rotatable bonds is 3. The van der Waals surface area contributed by atoms with Crippen LogP contribution in [0.3, 0.4) is 0 Å². The fourth-order valence-electron chi connectivity index (χ4n) is 2.30. The molecule has 1 aromatic rings. The minimum absolute atomic E-state index is 0. The van der Waals surface area contributed by atoms with Crippen molar-refractivity contribution in [2.45, 2.75) is 39.8 Å². The highest BCUT2D eigenvalue weighted by molar-refractivity contribution is 5.92. The van der Waals surface area contributed by atoms with Gasteiger partial charge >= 0.3 is 0 Å². The van der Waals surface area contributed by atoms with Crippen LogP contribution in [-0.2, 0) is 16.1 Å². The smallest absolute Gasteiger partial charge is 0.274 e. The lowest BCUT2D eigenvalue weighted by molar-refractivity contribution is -0.123. The van der Waals surface area contributed by atoms with Gasteiger partial charge in [0, 0.05) is 24.3 Å². The summed E-state index contributed by atoms with van der Waals surface area (Å²) in [6.45, 7) is 9.99. The summed E-state index contributed by atoms with van der Waals surface area (Å²) >= 11 is 0. The molecule has 130 valence electrons. The Labute approximate surface area is 142 Å². The quantitative estimate of drug-likeness (QED) is 0.887. The number of halogens is 1. The number of aryl methyl sites for hydroxylation is 1. The molecular formula is C15H25ClN4O3. The van der Waals surface area contributed by atoms with E-state index in [4.69, 9.17) is 4.74 Å². The third-order valence-electron chi connectivity index (χ3n) is 3.31. The Morgan fingerprint density at radius 2 is 1.91 bits per heavy atom. The van der Waals surface area contributed by atoms with Gasteiger partial charge < -0.3 is 15.0 Å². The average Bonchev–Trinajstić information content (AvgIpc) is 2.78. The minimum Gasteiger partial charge on any atom is -0.378 e. The SMILES string of the molecule is Cc1cc(C(=O)N2CCOCC2)nn1CC(=O)NC(C)(C)C.Cl. The average molecular weight is 345 g/mol. The Kier molecular flexibility index (Phi) is 6.58. The van der Waals surface area contributed by atoms with E-state index in [-0.39, 0.29) is 36.3 Å². The molecular weight excluding hydrogens is 320 g/mol. The lowest BCUT2D eigenvalue weighted by Gasteiger charge is -2.25. The van der Waals surface area contributed by atoms with Crippen LogP contribution in [0.15, 0.2) is 6.07 Å². The van der Waals surface area contributed by atoms with Gasteiger partial charge in [0.2, 0.25) is 5.91 Å². The van der Waals surface area contributed by atoms with Gasteiger partial charge in [-0.05, 0) is 33.8 Å². The van der Waals surface area contributed by atoms with Gasteiger partial charge in [0.1, 0.15) is 6.54 Å². The zero-order valence-electron chi connectivity index (χ0n) is 14.1. The third kappa shape index (κ3) is 5.51. The molecule has 1 fully saturated rings. The standard InChI is InChI=1S/C15H24N4O3.ClH/c1-11-9-12(14(21)18-5-7-22-8-6-18)17-19(11)10-13(20)16-15(2,3)4;/h9H,5-8,10H2,1-4H3,(H,16,20);1H. The summed E-state index contributed by atoms with van der Waals surface area (Å²) < 4.78 is 6.81. The molecule has 2 rings (SSSR count). The molecule has 7 nitrogen and oxygen atoms in total. The van der Waals surface area contributed by atoms with Crippen molar-refractivity contribution in [3.05, 3.63) is 17.5 Å². The van der Waals surface area contributed by atoms with Gasteiger partial charge in [-0.1, -0.05) is 0 Å². The molecule has 0 spiro atoms. The maximum absolute atomic E-state index is 12.4. The van der Waals surface area contributed by atoms with Gasteiger partial charge in [0.25, 0.3) is 5.91 Å². The van der Waals surface area contributed by atoms with E-state index in [9.17, 15) is 9.59 Å². The summed E-state index contributed by atoms with van der Waals surface area (Å²) in [5.41, 5.74) is 0.883. The van der Waals surface area contributed by atoms with E-state index in [0.29, 0.717) is 32.0 Å². The fraction of sp³-hybridized carbons (Fsp3) is 0.667. The molecule has 0 aromatic carbocycles. The number of hydrogen-bond acceptors (Lipinski definition) is 4. The molecule has 0 atom stereocenters. The van der Waals surface area contributed by atoms with Crippen molar-refractivity contribution in [3.8, 4) is 0 Å². The molecule has 0 bridgehead atoms. The second kappa shape index (κ2) is 7.79. The van der Waals surface area contributed by atoms with Gasteiger partial charge in [-0.2, -0.15) is 5.10 Å². The molecule has 0 saturated carbocycles. The lowest BCUT2D eigenvalue weighted by atomic mass is 10.1. The Morgan fingerprint density at radius 3 is 2.48 bits per heavy atom. The van der Waals surface area contributed by atoms with Crippen molar-refractivity contribution in [1.82, 2.24) is 20.0 Å². The second-order valence-corrected chi connectivity index (χ2v) is 6.53. The van der Waals surface area contributed by atoms with Crippen LogP contribution in [0.5, 0.6) is 0 Å². The molecule has 1 N–H and O–H groups in total. The number of ether oxygens (including phenoxy) is 1. The summed E-state index contributed by atoms with van der Waals surface area (Å²) in [5, 5.41) is 7.16. The summed E-state index contributed by atoms with van der Waals surface area (Å²) in [7, 11) is 0. The first kappa shape index (κ1) is 19.4. The molecule has 8 heteroatoms. The highest BCUT2D eigenvalue weighted by Gasteiger charge is 2.22. The molecule has 0 unspecified atom stereocenters. The van der Waals surface area contributed by atoms with Crippen LogP contribution >= 0.6 is 12.4 Å².